The highest BCUT2D eigenvalue weighted by Crippen LogP contribution is 2.20. The molecular formula is C45H80N10O11S. The Labute approximate surface area is 400 Å². The lowest BCUT2D eigenvalue weighted by atomic mass is 9.98. The molecule has 12 N–H and O–H groups in total. The van der Waals surface area contributed by atoms with E-state index in [1.165, 1.54) is 30.5 Å². The number of carbonyl (C=O) groups is 10. The Kier molecular flexibility index (Phi) is 26.6. The van der Waals surface area contributed by atoms with Crippen molar-refractivity contribution in [2.45, 2.75) is 181 Å². The molecule has 1 rings (SSSR count). The van der Waals surface area contributed by atoms with E-state index < -0.39 is 114 Å². The number of hydrogen-bond acceptors (Lipinski definition) is 12. The first-order valence-corrected chi connectivity index (χ1v) is 24.8. The number of carbonyl (C=O) groups excluding carboxylic acids is 9. The fourth-order valence-electron chi connectivity index (χ4n) is 7.43. The van der Waals surface area contributed by atoms with E-state index in [0.29, 0.717) is 18.6 Å². The van der Waals surface area contributed by atoms with Crippen molar-refractivity contribution < 1.29 is 53.1 Å². The van der Waals surface area contributed by atoms with Crippen molar-refractivity contribution in [1.82, 2.24) is 42.1 Å². The summed E-state index contributed by atoms with van der Waals surface area (Å²) in [5.41, 5.74) is 11.3. The van der Waals surface area contributed by atoms with Gasteiger partial charge in [-0.2, -0.15) is 11.8 Å². The standard InChI is InChI=1S/C45H80N10O11S/c1-23(2)19-31(40(60)52-32(20-24(3)4)41(61)53-33(21-25(5)6)42(62)54-34(45(65)66)22-26(7)8)51-37(57)27(9)48-39(59)30(14-15-36(47)56)50-43(63)35-13-12-17-55(35)44(64)28(10)49-38(58)29(46)16-18-67-11/h23-35H,12-22,46H2,1-11H3,(H2,47,56)(H,48,59)(H,49,58)(H,50,63)(H,51,57)(H,52,60)(H,53,61)(H,54,62)(H,65,66)/t27-,28-,29-,30-,31-,32-,33-,34-,35-/m0/s1. The number of thioether (sulfide) groups is 1. The van der Waals surface area contributed by atoms with E-state index in [1.54, 1.807) is 0 Å². The van der Waals surface area contributed by atoms with Crippen molar-refractivity contribution in [1.29, 1.82) is 0 Å². The van der Waals surface area contributed by atoms with Crippen LogP contribution in [0.5, 0.6) is 0 Å². The molecule has 0 aromatic carbocycles. The van der Waals surface area contributed by atoms with Crippen molar-refractivity contribution in [3.63, 3.8) is 0 Å². The van der Waals surface area contributed by atoms with Gasteiger partial charge in [-0.25, -0.2) is 4.79 Å². The third-order valence-corrected chi connectivity index (χ3v) is 11.6. The largest absolute Gasteiger partial charge is 0.480 e. The lowest BCUT2D eigenvalue weighted by Gasteiger charge is -2.29. The summed E-state index contributed by atoms with van der Waals surface area (Å²) in [4.78, 5) is 133. The van der Waals surface area contributed by atoms with E-state index >= 15 is 0 Å². The van der Waals surface area contributed by atoms with E-state index in [4.69, 9.17) is 11.5 Å². The monoisotopic (exact) mass is 969 g/mol. The maximum absolute atomic E-state index is 13.9. The van der Waals surface area contributed by atoms with Crippen LogP contribution in [-0.2, 0) is 47.9 Å². The van der Waals surface area contributed by atoms with Gasteiger partial charge in [0.05, 0.1) is 6.04 Å². The normalized spacial score (nSPS) is 17.3. The van der Waals surface area contributed by atoms with Crippen molar-refractivity contribution in [2.24, 2.45) is 35.1 Å². The van der Waals surface area contributed by atoms with Gasteiger partial charge in [-0.1, -0.05) is 55.4 Å². The molecular weight excluding hydrogens is 889 g/mol. The number of primary amides is 1. The predicted molar refractivity (Wildman–Crippen MR) is 254 cm³/mol. The summed E-state index contributed by atoms with van der Waals surface area (Å²) in [6.07, 6.45) is 3.10. The number of carboxylic acids is 1. The van der Waals surface area contributed by atoms with Crippen LogP contribution in [-0.4, -0.2) is 142 Å². The summed E-state index contributed by atoms with van der Waals surface area (Å²) in [5.74, 6) is -7.05. The molecule has 9 amide bonds. The number of amides is 9. The van der Waals surface area contributed by atoms with Gasteiger partial charge in [-0.15, -0.1) is 0 Å². The van der Waals surface area contributed by atoms with Gasteiger partial charge in [0.25, 0.3) is 0 Å². The minimum atomic E-state index is -1.36. The fourth-order valence-corrected chi connectivity index (χ4v) is 7.92. The molecule has 1 aliphatic rings. The molecule has 0 unspecified atom stereocenters. The van der Waals surface area contributed by atoms with Gasteiger partial charge in [0.2, 0.25) is 53.2 Å². The van der Waals surface area contributed by atoms with E-state index in [1.807, 2.05) is 61.6 Å². The molecule has 1 aliphatic heterocycles. The summed E-state index contributed by atoms with van der Waals surface area (Å²) in [5, 5.41) is 28.1. The van der Waals surface area contributed by atoms with Crippen LogP contribution in [0.25, 0.3) is 0 Å². The molecule has 0 aromatic rings. The smallest absolute Gasteiger partial charge is 0.326 e. The summed E-state index contributed by atoms with van der Waals surface area (Å²) in [7, 11) is 0. The van der Waals surface area contributed by atoms with E-state index in [-0.39, 0.29) is 75.2 Å². The topological polar surface area (TPSA) is 330 Å². The van der Waals surface area contributed by atoms with Gasteiger partial charge in [0.15, 0.2) is 0 Å². The van der Waals surface area contributed by atoms with Crippen LogP contribution in [0.2, 0.25) is 0 Å². The SMILES string of the molecule is CSCC[C@H](N)C(=O)N[C@@H](C)C(=O)N1CCC[C@H]1C(=O)N[C@@H](CCC(N)=O)C(=O)N[C@@H](C)C(=O)N[C@@H](CC(C)C)C(=O)N[C@@H](CC(C)C)C(=O)N[C@@H](CC(C)C)C(=O)N[C@@H](CC(C)C)C(=O)O. The number of nitrogens with two attached hydrogens (primary N) is 2. The molecule has 1 heterocycles. The van der Waals surface area contributed by atoms with Crippen LogP contribution in [0.1, 0.15) is 127 Å². The van der Waals surface area contributed by atoms with E-state index in [0.717, 1.165) is 0 Å². The van der Waals surface area contributed by atoms with Crippen molar-refractivity contribution in [2.75, 3.05) is 18.6 Å². The lowest BCUT2D eigenvalue weighted by Crippen LogP contribution is -2.60. The summed E-state index contributed by atoms with van der Waals surface area (Å²) < 4.78 is 0. The molecule has 0 aromatic heterocycles. The van der Waals surface area contributed by atoms with Gasteiger partial charge in [0.1, 0.15) is 48.3 Å². The second kappa shape index (κ2) is 29.7. The minimum Gasteiger partial charge on any atom is -0.480 e. The van der Waals surface area contributed by atoms with Crippen LogP contribution in [0.15, 0.2) is 0 Å². The Morgan fingerprint density at radius 1 is 0.567 bits per heavy atom. The van der Waals surface area contributed by atoms with Crippen LogP contribution < -0.4 is 48.7 Å². The Morgan fingerprint density at radius 2 is 0.985 bits per heavy atom. The number of carboxylic acid groups (broad SMARTS) is 1. The molecule has 1 saturated heterocycles. The second-order valence-electron chi connectivity index (χ2n) is 19.2. The van der Waals surface area contributed by atoms with Crippen molar-refractivity contribution in [3.05, 3.63) is 0 Å². The first-order valence-electron chi connectivity index (χ1n) is 23.4. The van der Waals surface area contributed by atoms with Gasteiger partial charge < -0.3 is 58.7 Å². The Bertz CT molecular complexity index is 1710. The molecule has 67 heavy (non-hydrogen) atoms. The minimum absolute atomic E-state index is 0.0344. The first kappa shape index (κ1) is 60.0. The number of hydrogen-bond donors (Lipinski definition) is 10. The zero-order valence-electron chi connectivity index (χ0n) is 41.3. The molecule has 0 saturated carbocycles. The van der Waals surface area contributed by atoms with Crippen LogP contribution in [0.3, 0.4) is 0 Å². The first-order chi connectivity index (χ1) is 31.2. The summed E-state index contributed by atoms with van der Waals surface area (Å²) >= 11 is 1.53. The lowest BCUT2D eigenvalue weighted by molar-refractivity contribution is -0.143. The fraction of sp³-hybridized carbons (Fsp3) is 0.778. The molecule has 21 nitrogen and oxygen atoms in total. The maximum Gasteiger partial charge on any atom is 0.326 e. The summed E-state index contributed by atoms with van der Waals surface area (Å²) in [6.45, 7) is 17.7. The molecule has 0 spiro atoms. The third kappa shape index (κ3) is 22.1. The average molecular weight is 969 g/mol. The number of aliphatic carboxylic acids is 1. The predicted octanol–water partition coefficient (Wildman–Crippen LogP) is 0.0257. The zero-order chi connectivity index (χ0) is 51.3. The maximum atomic E-state index is 13.9. The molecule has 382 valence electrons. The van der Waals surface area contributed by atoms with Crippen LogP contribution in [0, 0.1) is 23.7 Å². The molecule has 0 bridgehead atoms. The molecule has 9 atom stereocenters. The Balaban J connectivity index is 3.20. The van der Waals surface area contributed by atoms with Gasteiger partial charge in [-0.05, 0) is 101 Å². The quantitative estimate of drug-likeness (QED) is 0.0455. The number of likely N-dealkylation sites (tertiary alicyclic amines) is 1. The van der Waals surface area contributed by atoms with Crippen LogP contribution >= 0.6 is 11.8 Å². The van der Waals surface area contributed by atoms with Gasteiger partial charge >= 0.3 is 5.97 Å². The Hall–Kier alpha value is -4.99. The molecule has 0 radical (unpaired) electrons. The molecule has 22 heteroatoms. The van der Waals surface area contributed by atoms with Gasteiger partial charge in [-0.3, -0.25) is 43.2 Å². The average Bonchev–Trinajstić information content (AvgIpc) is 3.72. The number of nitrogens with one attached hydrogen (secondary N) is 7. The third-order valence-electron chi connectivity index (χ3n) is 10.9. The van der Waals surface area contributed by atoms with E-state index in [9.17, 15) is 53.1 Å². The number of nitrogens with zero attached hydrogens (tertiary/aromatic N) is 1. The molecule has 0 aliphatic carbocycles. The van der Waals surface area contributed by atoms with Crippen LogP contribution in [0.4, 0.5) is 0 Å². The number of rotatable bonds is 30. The van der Waals surface area contributed by atoms with Crippen molar-refractivity contribution in [3.8, 4) is 0 Å². The highest BCUT2D eigenvalue weighted by atomic mass is 32.2. The highest BCUT2D eigenvalue weighted by molar-refractivity contribution is 7.98. The second-order valence-corrected chi connectivity index (χ2v) is 20.2. The Morgan fingerprint density at radius 3 is 1.42 bits per heavy atom. The zero-order valence-corrected chi connectivity index (χ0v) is 42.1. The molecule has 1 fully saturated rings. The highest BCUT2D eigenvalue weighted by Gasteiger charge is 2.39. The van der Waals surface area contributed by atoms with E-state index in [2.05, 4.69) is 37.2 Å². The van der Waals surface area contributed by atoms with Crippen molar-refractivity contribution >= 4 is 70.9 Å². The van der Waals surface area contributed by atoms with Gasteiger partial charge in [0, 0.05) is 13.0 Å². The summed E-state index contributed by atoms with van der Waals surface area (Å²) in [6, 6.07) is -10.1.